The molecule has 0 saturated carbocycles. The van der Waals surface area contributed by atoms with E-state index in [-0.39, 0.29) is 0 Å². The first-order chi connectivity index (χ1) is 8.11. The van der Waals surface area contributed by atoms with Gasteiger partial charge < -0.3 is 15.7 Å². The lowest BCUT2D eigenvalue weighted by Crippen LogP contribution is -2.10. The molecule has 1 aromatic rings. The fourth-order valence-corrected chi connectivity index (χ4v) is 1.29. The predicted octanol–water partition coefficient (Wildman–Crippen LogP) is 0.985. The third-order valence-corrected chi connectivity index (χ3v) is 1.95. The summed E-state index contributed by atoms with van der Waals surface area (Å²) in [6.07, 6.45) is 1.78. The largest absolute Gasteiger partial charge is 0.478 e. The van der Waals surface area contributed by atoms with Crippen LogP contribution >= 0.6 is 0 Å². The van der Waals surface area contributed by atoms with Crippen LogP contribution in [0.5, 0.6) is 0 Å². The van der Waals surface area contributed by atoms with Gasteiger partial charge in [-0.25, -0.2) is 4.79 Å². The Morgan fingerprint density at radius 1 is 1.35 bits per heavy atom. The number of nitrogens with one attached hydrogen (secondary N) is 2. The number of carbonyl (C=O) groups excluding carboxylic acids is 1. The molecular weight excluding hydrogens is 220 g/mol. The molecule has 0 heterocycles. The summed E-state index contributed by atoms with van der Waals surface area (Å²) in [5.74, 6) is -1.61. The summed E-state index contributed by atoms with van der Waals surface area (Å²) in [5, 5.41) is 13.9. The van der Waals surface area contributed by atoms with Gasteiger partial charge in [0.1, 0.15) is 0 Å². The highest BCUT2D eigenvalue weighted by Gasteiger charge is 1.99. The molecule has 1 aromatic carbocycles. The molecule has 0 aliphatic rings. The van der Waals surface area contributed by atoms with Crippen molar-refractivity contribution in [2.45, 2.75) is 6.54 Å². The molecule has 90 valence electrons. The van der Waals surface area contributed by atoms with Crippen molar-refractivity contribution in [2.75, 3.05) is 12.4 Å². The maximum absolute atomic E-state index is 11.3. The number of aliphatic carboxylic acids is 1. The van der Waals surface area contributed by atoms with Gasteiger partial charge in [-0.3, -0.25) is 4.79 Å². The van der Waals surface area contributed by atoms with Crippen LogP contribution in [0.4, 0.5) is 5.69 Å². The number of benzene rings is 1. The minimum absolute atomic E-state index is 0.464. The van der Waals surface area contributed by atoms with E-state index in [1.807, 2.05) is 25.2 Å². The average Bonchev–Trinajstić information content (AvgIpc) is 2.27. The van der Waals surface area contributed by atoms with Gasteiger partial charge in [-0.15, -0.1) is 0 Å². The van der Waals surface area contributed by atoms with Gasteiger partial charge >= 0.3 is 5.97 Å². The SMILES string of the molecule is CNCc1cccc(NC(=O)C=CC(=O)O)c1. The van der Waals surface area contributed by atoms with Crippen LogP contribution in [0, 0.1) is 0 Å². The molecule has 1 rings (SSSR count). The molecule has 0 saturated heterocycles. The Bertz CT molecular complexity index is 441. The molecule has 17 heavy (non-hydrogen) atoms. The molecule has 0 fully saturated rings. The fraction of sp³-hybridized carbons (Fsp3) is 0.167. The van der Waals surface area contributed by atoms with Crippen molar-refractivity contribution in [3.8, 4) is 0 Å². The highest BCUT2D eigenvalue weighted by atomic mass is 16.4. The van der Waals surface area contributed by atoms with Crippen molar-refractivity contribution in [2.24, 2.45) is 0 Å². The Balaban J connectivity index is 2.65. The summed E-state index contributed by atoms with van der Waals surface area (Å²) >= 11 is 0. The van der Waals surface area contributed by atoms with Crippen LogP contribution in [0.25, 0.3) is 0 Å². The van der Waals surface area contributed by atoms with Crippen LogP contribution in [0.15, 0.2) is 36.4 Å². The molecule has 1 amide bonds. The van der Waals surface area contributed by atoms with Gasteiger partial charge in [0.15, 0.2) is 0 Å². The standard InChI is InChI=1S/C12H14N2O3/c1-13-8-9-3-2-4-10(7-9)14-11(15)5-6-12(16)17/h2-7,13H,8H2,1H3,(H,14,15)(H,16,17). The van der Waals surface area contributed by atoms with Crippen LogP contribution in [0.3, 0.4) is 0 Å². The van der Waals surface area contributed by atoms with Gasteiger partial charge in [0, 0.05) is 24.4 Å². The number of anilines is 1. The van der Waals surface area contributed by atoms with Gasteiger partial charge in [-0.05, 0) is 24.7 Å². The van der Waals surface area contributed by atoms with E-state index in [0.29, 0.717) is 12.2 Å². The number of carboxylic acids is 1. The third kappa shape index (κ3) is 4.94. The number of hydrogen-bond acceptors (Lipinski definition) is 3. The minimum atomic E-state index is -1.15. The summed E-state index contributed by atoms with van der Waals surface area (Å²) in [5.41, 5.74) is 1.67. The molecule has 0 unspecified atom stereocenters. The molecule has 0 aromatic heterocycles. The first-order valence-corrected chi connectivity index (χ1v) is 5.07. The van der Waals surface area contributed by atoms with Crippen LogP contribution in [-0.4, -0.2) is 24.0 Å². The van der Waals surface area contributed by atoms with Gasteiger partial charge in [-0.1, -0.05) is 12.1 Å². The van der Waals surface area contributed by atoms with Crippen molar-refractivity contribution in [3.05, 3.63) is 42.0 Å². The molecule has 0 radical (unpaired) electrons. The average molecular weight is 234 g/mol. The van der Waals surface area contributed by atoms with E-state index in [0.717, 1.165) is 17.7 Å². The van der Waals surface area contributed by atoms with E-state index in [1.165, 1.54) is 0 Å². The normalized spacial score (nSPS) is 10.4. The topological polar surface area (TPSA) is 78.4 Å². The van der Waals surface area contributed by atoms with Crippen LogP contribution in [0.2, 0.25) is 0 Å². The predicted molar refractivity (Wildman–Crippen MR) is 64.6 cm³/mol. The lowest BCUT2D eigenvalue weighted by Gasteiger charge is -2.05. The number of carbonyl (C=O) groups is 2. The van der Waals surface area contributed by atoms with Gasteiger partial charge in [0.25, 0.3) is 0 Å². The highest BCUT2D eigenvalue weighted by molar-refractivity contribution is 6.02. The van der Waals surface area contributed by atoms with Crippen LogP contribution in [-0.2, 0) is 16.1 Å². The van der Waals surface area contributed by atoms with Crippen molar-refractivity contribution < 1.29 is 14.7 Å². The Labute approximate surface area is 99.1 Å². The van der Waals surface area contributed by atoms with E-state index >= 15 is 0 Å². The Morgan fingerprint density at radius 2 is 2.12 bits per heavy atom. The first kappa shape index (κ1) is 12.9. The monoisotopic (exact) mass is 234 g/mol. The van der Waals surface area contributed by atoms with Crippen molar-refractivity contribution in [1.29, 1.82) is 0 Å². The maximum atomic E-state index is 11.3. The van der Waals surface area contributed by atoms with E-state index in [2.05, 4.69) is 10.6 Å². The lowest BCUT2D eigenvalue weighted by atomic mass is 10.2. The fourth-order valence-electron chi connectivity index (χ4n) is 1.29. The molecule has 5 nitrogen and oxygen atoms in total. The Hall–Kier alpha value is -2.14. The molecule has 0 spiro atoms. The summed E-state index contributed by atoms with van der Waals surface area (Å²) in [6, 6.07) is 7.32. The van der Waals surface area contributed by atoms with Gasteiger partial charge in [-0.2, -0.15) is 0 Å². The molecule has 5 heteroatoms. The second kappa shape index (κ2) is 6.44. The van der Waals surface area contributed by atoms with Crippen LogP contribution < -0.4 is 10.6 Å². The highest BCUT2D eigenvalue weighted by Crippen LogP contribution is 2.10. The number of hydrogen-bond donors (Lipinski definition) is 3. The molecular formula is C12H14N2O3. The zero-order valence-electron chi connectivity index (χ0n) is 9.43. The van der Waals surface area contributed by atoms with E-state index in [9.17, 15) is 9.59 Å². The third-order valence-electron chi connectivity index (χ3n) is 1.95. The maximum Gasteiger partial charge on any atom is 0.328 e. The first-order valence-electron chi connectivity index (χ1n) is 5.07. The molecule has 3 N–H and O–H groups in total. The molecule has 0 atom stereocenters. The van der Waals surface area contributed by atoms with Gasteiger partial charge in [0.2, 0.25) is 5.91 Å². The Morgan fingerprint density at radius 3 is 2.76 bits per heavy atom. The summed E-state index contributed by atoms with van der Waals surface area (Å²) in [7, 11) is 1.83. The smallest absolute Gasteiger partial charge is 0.328 e. The van der Waals surface area contributed by atoms with Crippen LogP contribution in [0.1, 0.15) is 5.56 Å². The number of amides is 1. The van der Waals surface area contributed by atoms with Gasteiger partial charge in [0.05, 0.1) is 0 Å². The summed E-state index contributed by atoms with van der Waals surface area (Å²) < 4.78 is 0. The molecule has 0 bridgehead atoms. The zero-order valence-corrected chi connectivity index (χ0v) is 9.43. The molecule has 0 aliphatic carbocycles. The van der Waals surface area contributed by atoms with E-state index in [4.69, 9.17) is 5.11 Å². The number of rotatable bonds is 5. The second-order valence-corrected chi connectivity index (χ2v) is 3.39. The van der Waals surface area contributed by atoms with E-state index in [1.54, 1.807) is 6.07 Å². The second-order valence-electron chi connectivity index (χ2n) is 3.39. The van der Waals surface area contributed by atoms with Crippen molar-refractivity contribution in [3.63, 3.8) is 0 Å². The summed E-state index contributed by atoms with van der Waals surface area (Å²) in [6.45, 7) is 0.703. The summed E-state index contributed by atoms with van der Waals surface area (Å²) in [4.78, 5) is 21.5. The Kier molecular flexibility index (Phi) is 4.90. The number of carboxylic acid groups (broad SMARTS) is 1. The van der Waals surface area contributed by atoms with E-state index < -0.39 is 11.9 Å². The lowest BCUT2D eigenvalue weighted by molar-refractivity contribution is -0.131. The quantitative estimate of drug-likeness (QED) is 0.664. The van der Waals surface area contributed by atoms with Crippen molar-refractivity contribution in [1.82, 2.24) is 5.32 Å². The van der Waals surface area contributed by atoms with Crippen molar-refractivity contribution >= 4 is 17.6 Å². The zero-order chi connectivity index (χ0) is 12.7. The minimum Gasteiger partial charge on any atom is -0.478 e. The molecule has 0 aliphatic heterocycles.